The summed E-state index contributed by atoms with van der Waals surface area (Å²) in [5, 5.41) is 3.47. The summed E-state index contributed by atoms with van der Waals surface area (Å²) in [6, 6.07) is 5.48. The number of anilines is 1. The van der Waals surface area contributed by atoms with Crippen LogP contribution in [0.5, 0.6) is 0 Å². The van der Waals surface area contributed by atoms with Gasteiger partial charge >= 0.3 is 0 Å². The molecular formula is C20H28N4O. The second kappa shape index (κ2) is 8.79. The van der Waals surface area contributed by atoms with E-state index in [9.17, 15) is 4.79 Å². The lowest BCUT2D eigenvalue weighted by Crippen LogP contribution is -2.16. The molecule has 0 saturated heterocycles. The lowest BCUT2D eigenvalue weighted by molar-refractivity contribution is 0.392. The van der Waals surface area contributed by atoms with Crippen LogP contribution < -0.4 is 10.9 Å². The molecule has 1 fully saturated rings. The fourth-order valence-electron chi connectivity index (χ4n) is 3.46. The van der Waals surface area contributed by atoms with E-state index in [0.717, 1.165) is 36.0 Å². The summed E-state index contributed by atoms with van der Waals surface area (Å²) >= 11 is 0. The molecule has 0 amide bonds. The smallest absolute Gasteiger partial charge is 0.251 e. The predicted molar refractivity (Wildman–Crippen MR) is 102 cm³/mol. The summed E-state index contributed by atoms with van der Waals surface area (Å²) in [4.78, 5) is 23.5. The molecule has 5 nitrogen and oxygen atoms in total. The lowest BCUT2D eigenvalue weighted by Gasteiger charge is -2.20. The molecule has 1 aliphatic rings. The molecule has 2 N–H and O–H groups in total. The Bertz CT molecular complexity index is 715. The lowest BCUT2D eigenvalue weighted by atomic mass is 9.91. The third-order valence-electron chi connectivity index (χ3n) is 4.99. The Morgan fingerprint density at radius 1 is 1.16 bits per heavy atom. The highest BCUT2D eigenvalue weighted by atomic mass is 16.1. The highest BCUT2D eigenvalue weighted by Gasteiger charge is 2.11. The van der Waals surface area contributed by atoms with Crippen molar-refractivity contribution in [3.63, 3.8) is 0 Å². The monoisotopic (exact) mass is 340 g/mol. The maximum absolute atomic E-state index is 11.7. The number of H-pyrrole nitrogens is 1. The van der Waals surface area contributed by atoms with E-state index in [0.29, 0.717) is 5.82 Å². The van der Waals surface area contributed by atoms with E-state index in [1.807, 2.05) is 19.1 Å². The zero-order chi connectivity index (χ0) is 17.5. The van der Waals surface area contributed by atoms with Gasteiger partial charge in [-0.05, 0) is 37.3 Å². The van der Waals surface area contributed by atoms with Crippen LogP contribution in [0.2, 0.25) is 0 Å². The van der Waals surface area contributed by atoms with Gasteiger partial charge in [-0.1, -0.05) is 39.0 Å². The second-order valence-corrected chi connectivity index (χ2v) is 6.96. The molecule has 0 unspecified atom stereocenters. The first kappa shape index (κ1) is 17.6. The van der Waals surface area contributed by atoms with Gasteiger partial charge in [0.05, 0.1) is 0 Å². The number of nitrogens with zero attached hydrogens (tertiary/aromatic N) is 2. The molecule has 2 heterocycles. The van der Waals surface area contributed by atoms with Gasteiger partial charge < -0.3 is 10.3 Å². The minimum atomic E-state index is -0.117. The summed E-state index contributed by atoms with van der Waals surface area (Å²) in [6.07, 6.45) is 12.0. The molecule has 0 aliphatic heterocycles. The highest BCUT2D eigenvalue weighted by molar-refractivity contribution is 5.55. The number of aryl methyl sites for hydroxylation is 1. The molecule has 0 aromatic carbocycles. The SMILES string of the molecule is CCc1cc(=O)[nH]c(-c2ccc(NCC3CCCCCCC3)nc2)n1. The van der Waals surface area contributed by atoms with Gasteiger partial charge in [0.15, 0.2) is 0 Å². The topological polar surface area (TPSA) is 70.7 Å². The Morgan fingerprint density at radius 3 is 2.60 bits per heavy atom. The molecule has 5 heteroatoms. The second-order valence-electron chi connectivity index (χ2n) is 6.96. The molecule has 1 aliphatic carbocycles. The Hall–Kier alpha value is -2.17. The standard InChI is InChI=1S/C20H28N4O/c1-2-17-12-19(25)24-20(23-17)16-10-11-18(22-14-16)21-13-15-8-6-4-3-5-7-9-15/h10-12,14-15H,2-9,13H2,1H3,(H,21,22)(H,23,24,25). The van der Waals surface area contributed by atoms with Crippen LogP contribution >= 0.6 is 0 Å². The molecule has 1 saturated carbocycles. The molecule has 134 valence electrons. The first-order valence-corrected chi connectivity index (χ1v) is 9.55. The van der Waals surface area contributed by atoms with Crippen molar-refractivity contribution >= 4 is 5.82 Å². The Morgan fingerprint density at radius 2 is 1.92 bits per heavy atom. The first-order valence-electron chi connectivity index (χ1n) is 9.55. The van der Waals surface area contributed by atoms with E-state index < -0.39 is 0 Å². The number of hydrogen-bond donors (Lipinski definition) is 2. The van der Waals surface area contributed by atoms with Gasteiger partial charge in [0.2, 0.25) is 0 Å². The van der Waals surface area contributed by atoms with Crippen LogP contribution in [0.25, 0.3) is 11.4 Å². The van der Waals surface area contributed by atoms with E-state index in [1.54, 1.807) is 12.3 Å². The minimum absolute atomic E-state index is 0.117. The van der Waals surface area contributed by atoms with E-state index in [1.165, 1.54) is 44.9 Å². The zero-order valence-electron chi connectivity index (χ0n) is 15.1. The number of rotatable bonds is 5. The van der Waals surface area contributed by atoms with Crippen LogP contribution in [0.3, 0.4) is 0 Å². The van der Waals surface area contributed by atoms with Crippen LogP contribution in [0.15, 0.2) is 29.2 Å². The summed E-state index contributed by atoms with van der Waals surface area (Å²) in [5.74, 6) is 2.23. The predicted octanol–water partition coefficient (Wildman–Crippen LogP) is 4.17. The van der Waals surface area contributed by atoms with Gasteiger partial charge in [-0.15, -0.1) is 0 Å². The van der Waals surface area contributed by atoms with Gasteiger partial charge in [-0.25, -0.2) is 9.97 Å². The van der Waals surface area contributed by atoms with Crippen molar-refractivity contribution < 1.29 is 0 Å². The van der Waals surface area contributed by atoms with Crippen molar-refractivity contribution in [2.45, 2.75) is 58.3 Å². The summed E-state index contributed by atoms with van der Waals surface area (Å²) in [5.41, 5.74) is 1.52. The van der Waals surface area contributed by atoms with Gasteiger partial charge in [-0.3, -0.25) is 4.79 Å². The number of hydrogen-bond acceptors (Lipinski definition) is 4. The molecule has 0 radical (unpaired) electrons. The van der Waals surface area contributed by atoms with E-state index >= 15 is 0 Å². The van der Waals surface area contributed by atoms with Crippen LogP contribution in [-0.2, 0) is 6.42 Å². The molecule has 25 heavy (non-hydrogen) atoms. The number of aromatic nitrogens is 3. The third kappa shape index (κ3) is 5.15. The Balaban J connectivity index is 1.62. The number of aromatic amines is 1. The normalized spacial score (nSPS) is 16.2. The molecule has 0 atom stereocenters. The molecular weight excluding hydrogens is 312 g/mol. The average Bonchev–Trinajstić information content (AvgIpc) is 2.60. The Labute approximate surface area is 149 Å². The fourth-order valence-corrected chi connectivity index (χ4v) is 3.46. The van der Waals surface area contributed by atoms with Gasteiger partial charge in [0.25, 0.3) is 5.56 Å². The molecule has 0 spiro atoms. The number of nitrogens with one attached hydrogen (secondary N) is 2. The van der Waals surface area contributed by atoms with Crippen LogP contribution in [0, 0.1) is 5.92 Å². The third-order valence-corrected chi connectivity index (χ3v) is 4.99. The van der Waals surface area contributed by atoms with E-state index in [2.05, 4.69) is 20.3 Å². The molecule has 3 rings (SSSR count). The summed E-state index contributed by atoms with van der Waals surface area (Å²) in [7, 11) is 0. The fraction of sp³-hybridized carbons (Fsp3) is 0.550. The van der Waals surface area contributed by atoms with Crippen molar-refractivity contribution in [2.24, 2.45) is 5.92 Å². The summed E-state index contributed by atoms with van der Waals surface area (Å²) in [6.45, 7) is 2.99. The maximum atomic E-state index is 11.7. The quantitative estimate of drug-likeness (QED) is 0.857. The number of pyridine rings is 1. The van der Waals surface area contributed by atoms with Crippen LogP contribution in [-0.4, -0.2) is 21.5 Å². The van der Waals surface area contributed by atoms with Crippen molar-refractivity contribution in [3.8, 4) is 11.4 Å². The largest absolute Gasteiger partial charge is 0.370 e. The van der Waals surface area contributed by atoms with E-state index in [4.69, 9.17) is 0 Å². The van der Waals surface area contributed by atoms with Gasteiger partial charge in [-0.2, -0.15) is 0 Å². The van der Waals surface area contributed by atoms with Gasteiger partial charge in [0, 0.05) is 30.1 Å². The van der Waals surface area contributed by atoms with E-state index in [-0.39, 0.29) is 5.56 Å². The van der Waals surface area contributed by atoms with Crippen LogP contribution in [0.1, 0.15) is 57.6 Å². The van der Waals surface area contributed by atoms with Crippen molar-refractivity contribution in [3.05, 3.63) is 40.4 Å². The van der Waals surface area contributed by atoms with Crippen molar-refractivity contribution in [2.75, 3.05) is 11.9 Å². The first-order chi connectivity index (χ1) is 12.2. The molecule has 2 aromatic rings. The zero-order valence-corrected chi connectivity index (χ0v) is 15.1. The summed E-state index contributed by atoms with van der Waals surface area (Å²) < 4.78 is 0. The van der Waals surface area contributed by atoms with Crippen molar-refractivity contribution in [1.29, 1.82) is 0 Å². The van der Waals surface area contributed by atoms with Gasteiger partial charge in [0.1, 0.15) is 11.6 Å². The van der Waals surface area contributed by atoms with Crippen LogP contribution in [0.4, 0.5) is 5.82 Å². The maximum Gasteiger partial charge on any atom is 0.251 e. The minimum Gasteiger partial charge on any atom is -0.370 e. The Kier molecular flexibility index (Phi) is 6.20. The molecule has 2 aromatic heterocycles. The molecule has 0 bridgehead atoms. The average molecular weight is 340 g/mol. The van der Waals surface area contributed by atoms with Crippen molar-refractivity contribution in [1.82, 2.24) is 15.0 Å². The highest BCUT2D eigenvalue weighted by Crippen LogP contribution is 2.23.